The van der Waals surface area contributed by atoms with E-state index in [0.29, 0.717) is 11.4 Å². The summed E-state index contributed by atoms with van der Waals surface area (Å²) in [5, 5.41) is 13.2. The number of alkyl carbamates (subject to hydrolysis) is 1. The van der Waals surface area contributed by atoms with Crippen molar-refractivity contribution >= 4 is 23.6 Å². The first kappa shape index (κ1) is 16.8. The number of methoxy groups -OCH3 is 1. The molecule has 0 fully saturated rings. The predicted octanol–water partition coefficient (Wildman–Crippen LogP) is 2.59. The molecule has 0 unspecified atom stereocenters. The van der Waals surface area contributed by atoms with Crippen molar-refractivity contribution in [3.63, 3.8) is 0 Å². The van der Waals surface area contributed by atoms with Gasteiger partial charge in [0.25, 0.3) is 0 Å². The summed E-state index contributed by atoms with van der Waals surface area (Å²) in [7, 11) is 1.43. The van der Waals surface area contributed by atoms with Crippen molar-refractivity contribution in [1.29, 1.82) is 0 Å². The highest BCUT2D eigenvalue weighted by Crippen LogP contribution is 2.28. The Labute approximate surface area is 137 Å². The zero-order valence-electron chi connectivity index (χ0n) is 12.4. The molecule has 2 N–H and O–H groups in total. The van der Waals surface area contributed by atoms with Crippen LogP contribution in [0.4, 0.5) is 4.79 Å². The molecule has 0 spiro atoms. The van der Waals surface area contributed by atoms with Gasteiger partial charge in [-0.15, -0.1) is 0 Å². The third-order valence-electron chi connectivity index (χ3n) is 3.01. The Balaban J connectivity index is 2.00. The highest BCUT2D eigenvalue weighted by molar-refractivity contribution is 7.03. The molecule has 0 saturated heterocycles. The van der Waals surface area contributed by atoms with Crippen LogP contribution in [0, 0.1) is 0 Å². The molecule has 0 aliphatic rings. The highest BCUT2D eigenvalue weighted by Gasteiger charge is 2.23. The molecule has 0 aliphatic carbocycles. The molecule has 2 aromatic rings. The van der Waals surface area contributed by atoms with Crippen LogP contribution < -0.4 is 10.1 Å². The zero-order valence-corrected chi connectivity index (χ0v) is 13.2. The lowest BCUT2D eigenvalue weighted by Crippen LogP contribution is -2.30. The van der Waals surface area contributed by atoms with Crippen LogP contribution in [0.5, 0.6) is 5.88 Å². The molecular formula is C15H16N2O5S. The van der Waals surface area contributed by atoms with Crippen molar-refractivity contribution in [1.82, 2.24) is 9.69 Å². The van der Waals surface area contributed by atoms with E-state index >= 15 is 0 Å². The maximum Gasteiger partial charge on any atom is 0.407 e. The second kappa shape index (κ2) is 8.14. The molecule has 0 radical (unpaired) electrons. The number of benzene rings is 1. The summed E-state index contributed by atoms with van der Waals surface area (Å²) in [4.78, 5) is 22.9. The number of rotatable bonds is 7. The minimum absolute atomic E-state index is 0.103. The third-order valence-corrected chi connectivity index (χ3v) is 3.65. The van der Waals surface area contributed by atoms with Crippen LogP contribution in [-0.2, 0) is 16.1 Å². The number of aromatic nitrogens is 1. The smallest absolute Gasteiger partial charge is 0.407 e. The van der Waals surface area contributed by atoms with Crippen molar-refractivity contribution in [3.05, 3.63) is 46.8 Å². The molecule has 7 nitrogen and oxygen atoms in total. The number of carbonyl (C=O) groups excluding carboxylic acids is 1. The number of nitrogens with one attached hydrogen (secondary N) is 1. The van der Waals surface area contributed by atoms with Crippen molar-refractivity contribution in [3.8, 4) is 5.88 Å². The van der Waals surface area contributed by atoms with Crippen molar-refractivity contribution < 1.29 is 24.2 Å². The van der Waals surface area contributed by atoms with E-state index in [9.17, 15) is 9.59 Å². The lowest BCUT2D eigenvalue weighted by atomic mass is 10.1. The molecule has 8 heteroatoms. The molecule has 0 aliphatic heterocycles. The number of nitrogens with zero attached hydrogens (tertiary/aromatic N) is 1. The normalized spacial score (nSPS) is 11.5. The van der Waals surface area contributed by atoms with E-state index in [2.05, 4.69) is 9.69 Å². The Morgan fingerprint density at radius 2 is 2.09 bits per heavy atom. The number of carbonyl (C=O) groups is 2. The summed E-state index contributed by atoms with van der Waals surface area (Å²) in [5.74, 6) is -0.753. The number of hydrogen-bond acceptors (Lipinski definition) is 6. The van der Waals surface area contributed by atoms with E-state index in [-0.39, 0.29) is 13.0 Å². The van der Waals surface area contributed by atoms with E-state index < -0.39 is 18.1 Å². The number of ether oxygens (including phenoxy) is 2. The Bertz CT molecular complexity index is 659. The van der Waals surface area contributed by atoms with Crippen LogP contribution in [-0.4, -0.2) is 28.7 Å². The van der Waals surface area contributed by atoms with Gasteiger partial charge in [-0.2, -0.15) is 4.37 Å². The van der Waals surface area contributed by atoms with Crippen LogP contribution in [0.25, 0.3) is 0 Å². The summed E-state index contributed by atoms with van der Waals surface area (Å²) < 4.78 is 14.2. The summed E-state index contributed by atoms with van der Waals surface area (Å²) in [5.41, 5.74) is 1.35. The van der Waals surface area contributed by atoms with Crippen LogP contribution in [0.2, 0.25) is 0 Å². The lowest BCUT2D eigenvalue weighted by Gasteiger charge is -2.16. The Kier molecular flexibility index (Phi) is 5.93. The van der Waals surface area contributed by atoms with E-state index in [1.807, 2.05) is 30.3 Å². The monoisotopic (exact) mass is 336 g/mol. The quantitative estimate of drug-likeness (QED) is 0.806. The first-order valence-electron chi connectivity index (χ1n) is 6.77. The standard InChI is InChI=1S/C15H16N2O5S/c1-21-14-11(9-23-17-14)12(7-13(18)19)16-15(20)22-8-10-5-3-2-4-6-10/h2-6,9,12H,7-8H2,1H3,(H,16,20)(H,18,19)/t12-/m0/s1. The summed E-state index contributed by atoms with van der Waals surface area (Å²) in [6.45, 7) is 0.103. The van der Waals surface area contributed by atoms with Gasteiger partial charge >= 0.3 is 12.1 Å². The summed E-state index contributed by atoms with van der Waals surface area (Å²) in [6, 6.07) is 8.42. The second-order valence-electron chi connectivity index (χ2n) is 4.64. The SMILES string of the molecule is COc1nscc1[C@H](CC(=O)O)NC(=O)OCc1ccccc1. The molecule has 1 aromatic heterocycles. The second-order valence-corrected chi connectivity index (χ2v) is 5.26. The fraction of sp³-hybridized carbons (Fsp3) is 0.267. The third kappa shape index (κ3) is 4.96. The largest absolute Gasteiger partial charge is 0.481 e. The fourth-order valence-electron chi connectivity index (χ4n) is 1.94. The van der Waals surface area contributed by atoms with Gasteiger partial charge in [0.2, 0.25) is 5.88 Å². The molecular weight excluding hydrogens is 320 g/mol. The number of carboxylic acids is 1. The van der Waals surface area contributed by atoms with Crippen molar-refractivity contribution in [2.75, 3.05) is 7.11 Å². The van der Waals surface area contributed by atoms with E-state index in [4.69, 9.17) is 14.6 Å². The fourth-order valence-corrected chi connectivity index (χ4v) is 2.65. The molecule has 0 bridgehead atoms. The first-order chi connectivity index (χ1) is 11.1. The molecule has 1 atom stereocenters. The Morgan fingerprint density at radius 3 is 2.74 bits per heavy atom. The van der Waals surface area contributed by atoms with Gasteiger partial charge in [-0.05, 0) is 17.1 Å². The van der Waals surface area contributed by atoms with Gasteiger partial charge in [-0.25, -0.2) is 4.79 Å². The number of hydrogen-bond donors (Lipinski definition) is 2. The Morgan fingerprint density at radius 1 is 1.35 bits per heavy atom. The average molecular weight is 336 g/mol. The summed E-state index contributed by atoms with van der Waals surface area (Å²) >= 11 is 1.12. The highest BCUT2D eigenvalue weighted by atomic mass is 32.1. The van der Waals surface area contributed by atoms with Gasteiger partial charge in [0.05, 0.1) is 19.6 Å². The van der Waals surface area contributed by atoms with Gasteiger partial charge in [0, 0.05) is 10.9 Å². The van der Waals surface area contributed by atoms with Crippen LogP contribution in [0.3, 0.4) is 0 Å². The molecule has 1 heterocycles. The molecule has 1 amide bonds. The topological polar surface area (TPSA) is 97.8 Å². The van der Waals surface area contributed by atoms with Gasteiger partial charge in [-0.1, -0.05) is 30.3 Å². The van der Waals surface area contributed by atoms with Crippen LogP contribution in [0.15, 0.2) is 35.7 Å². The molecule has 0 saturated carbocycles. The summed E-state index contributed by atoms with van der Waals surface area (Å²) in [6.07, 6.45) is -0.997. The molecule has 122 valence electrons. The molecule has 1 aromatic carbocycles. The number of aliphatic carboxylic acids is 1. The Hall–Kier alpha value is -2.61. The van der Waals surface area contributed by atoms with Crippen LogP contribution >= 0.6 is 11.5 Å². The van der Waals surface area contributed by atoms with Gasteiger partial charge < -0.3 is 19.9 Å². The number of carboxylic acid groups (broad SMARTS) is 1. The molecule has 2 rings (SSSR count). The minimum atomic E-state index is -1.05. The molecule has 23 heavy (non-hydrogen) atoms. The number of amides is 1. The lowest BCUT2D eigenvalue weighted by molar-refractivity contribution is -0.137. The van der Waals surface area contributed by atoms with Crippen molar-refractivity contribution in [2.45, 2.75) is 19.1 Å². The van der Waals surface area contributed by atoms with Crippen LogP contribution in [0.1, 0.15) is 23.6 Å². The van der Waals surface area contributed by atoms with Crippen molar-refractivity contribution in [2.24, 2.45) is 0 Å². The maximum atomic E-state index is 11.9. The predicted molar refractivity (Wildman–Crippen MR) is 83.4 cm³/mol. The zero-order chi connectivity index (χ0) is 16.7. The minimum Gasteiger partial charge on any atom is -0.481 e. The van der Waals surface area contributed by atoms with Gasteiger partial charge in [-0.3, -0.25) is 4.79 Å². The van der Waals surface area contributed by atoms with E-state index in [0.717, 1.165) is 17.1 Å². The van der Waals surface area contributed by atoms with E-state index in [1.165, 1.54) is 7.11 Å². The first-order valence-corrected chi connectivity index (χ1v) is 7.61. The average Bonchev–Trinajstić information content (AvgIpc) is 3.01. The van der Waals surface area contributed by atoms with Gasteiger partial charge in [0.1, 0.15) is 6.61 Å². The van der Waals surface area contributed by atoms with Gasteiger partial charge in [0.15, 0.2) is 0 Å². The van der Waals surface area contributed by atoms with E-state index in [1.54, 1.807) is 5.38 Å². The maximum absolute atomic E-state index is 11.9.